The summed E-state index contributed by atoms with van der Waals surface area (Å²) in [4.78, 5) is 14.5. The molecule has 154 valence electrons. The van der Waals surface area contributed by atoms with E-state index in [1.54, 1.807) is 0 Å². The van der Waals surface area contributed by atoms with Crippen LogP contribution in [0.4, 0.5) is 0 Å². The van der Waals surface area contributed by atoms with Gasteiger partial charge in [-0.3, -0.25) is 15.0 Å². The average Bonchev–Trinajstić information content (AvgIpc) is 3.28. The summed E-state index contributed by atoms with van der Waals surface area (Å²) in [6.45, 7) is 4.01. The van der Waals surface area contributed by atoms with Gasteiger partial charge in [-0.1, -0.05) is 78.9 Å². The van der Waals surface area contributed by atoms with E-state index < -0.39 is 6.04 Å². The van der Waals surface area contributed by atoms with Crippen LogP contribution in [0.2, 0.25) is 0 Å². The van der Waals surface area contributed by atoms with Crippen LogP contribution in [-0.2, 0) is 17.9 Å². The van der Waals surface area contributed by atoms with E-state index in [4.69, 9.17) is 5.73 Å². The van der Waals surface area contributed by atoms with E-state index >= 15 is 0 Å². The van der Waals surface area contributed by atoms with Crippen LogP contribution < -0.4 is 11.1 Å². The minimum Gasteiger partial charge on any atom is -0.368 e. The molecular formula is C26H29N3O. The van der Waals surface area contributed by atoms with Gasteiger partial charge in [0.1, 0.15) is 6.04 Å². The maximum Gasteiger partial charge on any atom is 0.239 e. The van der Waals surface area contributed by atoms with Crippen LogP contribution in [-0.4, -0.2) is 23.9 Å². The Morgan fingerprint density at radius 3 is 2.27 bits per heavy atom. The van der Waals surface area contributed by atoms with Crippen molar-refractivity contribution in [2.24, 2.45) is 5.73 Å². The molecular weight excluding hydrogens is 370 g/mol. The largest absolute Gasteiger partial charge is 0.368 e. The molecule has 1 atom stereocenters. The van der Waals surface area contributed by atoms with Gasteiger partial charge in [0.2, 0.25) is 5.91 Å². The number of likely N-dealkylation sites (tertiary alicyclic amines) is 1. The minimum absolute atomic E-state index is 0.370. The number of benzene rings is 3. The van der Waals surface area contributed by atoms with Gasteiger partial charge in [0.05, 0.1) is 0 Å². The molecule has 1 saturated heterocycles. The van der Waals surface area contributed by atoms with Crippen molar-refractivity contribution in [1.29, 1.82) is 0 Å². The van der Waals surface area contributed by atoms with Crippen LogP contribution in [0.25, 0.3) is 11.1 Å². The van der Waals surface area contributed by atoms with E-state index in [-0.39, 0.29) is 5.91 Å². The normalized spacial score (nSPS) is 15.2. The third kappa shape index (κ3) is 4.96. The number of nitrogens with one attached hydrogen (secondary N) is 1. The summed E-state index contributed by atoms with van der Waals surface area (Å²) in [7, 11) is 0. The van der Waals surface area contributed by atoms with E-state index in [1.807, 2.05) is 36.4 Å². The Labute approximate surface area is 178 Å². The van der Waals surface area contributed by atoms with E-state index in [9.17, 15) is 4.79 Å². The topological polar surface area (TPSA) is 58.4 Å². The first-order valence-corrected chi connectivity index (χ1v) is 10.7. The Hall–Kier alpha value is -2.95. The number of carbonyl (C=O) groups is 1. The fraction of sp³-hybridized carbons (Fsp3) is 0.269. The maximum absolute atomic E-state index is 12.0. The highest BCUT2D eigenvalue weighted by Gasteiger charge is 2.17. The molecule has 1 amide bonds. The molecule has 30 heavy (non-hydrogen) atoms. The molecule has 1 aliphatic rings. The van der Waals surface area contributed by atoms with Crippen molar-refractivity contribution in [3.05, 3.63) is 95.6 Å². The van der Waals surface area contributed by atoms with E-state index in [2.05, 4.69) is 52.7 Å². The predicted molar refractivity (Wildman–Crippen MR) is 122 cm³/mol. The first kappa shape index (κ1) is 20.3. The molecule has 3 aromatic rings. The molecule has 0 saturated carbocycles. The Balaban J connectivity index is 1.49. The molecule has 0 aromatic heterocycles. The number of hydrogen-bond donors (Lipinski definition) is 2. The molecule has 4 rings (SSSR count). The van der Waals surface area contributed by atoms with Gasteiger partial charge in [0, 0.05) is 13.1 Å². The third-order valence-electron chi connectivity index (χ3n) is 5.80. The lowest BCUT2D eigenvalue weighted by atomic mass is 9.98. The lowest BCUT2D eigenvalue weighted by molar-refractivity contribution is -0.120. The summed E-state index contributed by atoms with van der Waals surface area (Å²) in [5, 5.41) is 3.34. The van der Waals surface area contributed by atoms with Crippen molar-refractivity contribution >= 4 is 5.91 Å². The van der Waals surface area contributed by atoms with Crippen LogP contribution in [0, 0.1) is 0 Å². The molecule has 0 spiro atoms. The van der Waals surface area contributed by atoms with Crippen molar-refractivity contribution in [3.63, 3.8) is 0 Å². The van der Waals surface area contributed by atoms with E-state index in [0.717, 1.165) is 17.7 Å². The van der Waals surface area contributed by atoms with Crippen molar-refractivity contribution in [3.8, 4) is 11.1 Å². The van der Waals surface area contributed by atoms with Gasteiger partial charge in [0.15, 0.2) is 0 Å². The number of amides is 1. The van der Waals surface area contributed by atoms with Crippen molar-refractivity contribution in [2.45, 2.75) is 32.0 Å². The summed E-state index contributed by atoms with van der Waals surface area (Å²) in [5.74, 6) is -0.370. The quantitative estimate of drug-likeness (QED) is 0.595. The number of nitrogens with two attached hydrogens (primary N) is 1. The summed E-state index contributed by atoms with van der Waals surface area (Å²) < 4.78 is 0. The molecule has 3 N–H and O–H groups in total. The molecule has 3 aromatic carbocycles. The van der Waals surface area contributed by atoms with Gasteiger partial charge in [-0.15, -0.1) is 0 Å². The second-order valence-corrected chi connectivity index (χ2v) is 7.96. The van der Waals surface area contributed by atoms with Crippen LogP contribution >= 0.6 is 0 Å². The van der Waals surface area contributed by atoms with E-state index in [0.29, 0.717) is 6.54 Å². The highest BCUT2D eigenvalue weighted by Crippen LogP contribution is 2.25. The van der Waals surface area contributed by atoms with Gasteiger partial charge < -0.3 is 5.73 Å². The molecule has 1 unspecified atom stereocenters. The number of carbonyl (C=O) groups excluding carboxylic acids is 1. The maximum atomic E-state index is 12.0. The third-order valence-corrected chi connectivity index (χ3v) is 5.80. The summed E-state index contributed by atoms with van der Waals surface area (Å²) >= 11 is 0. The Morgan fingerprint density at radius 2 is 1.57 bits per heavy atom. The number of nitrogens with zero attached hydrogens (tertiary/aromatic N) is 1. The molecule has 0 radical (unpaired) electrons. The summed E-state index contributed by atoms with van der Waals surface area (Å²) in [6, 6.07) is 26.3. The zero-order chi connectivity index (χ0) is 20.8. The standard InChI is InChI=1S/C26H29N3O/c27-26(30)25(22-8-2-1-3-9-22)28-18-23-10-4-5-11-24(23)21-14-12-20(13-15-21)19-29-16-6-7-17-29/h1-5,8-15,25,28H,6-7,16-19H2,(H2,27,30). The first-order chi connectivity index (χ1) is 14.7. The zero-order valence-electron chi connectivity index (χ0n) is 17.3. The van der Waals surface area contributed by atoms with Gasteiger partial charge in [-0.05, 0) is 53.7 Å². The minimum atomic E-state index is -0.512. The molecule has 4 heteroatoms. The van der Waals surface area contributed by atoms with Crippen LogP contribution in [0.15, 0.2) is 78.9 Å². The summed E-state index contributed by atoms with van der Waals surface area (Å²) in [5.41, 5.74) is 11.4. The van der Waals surface area contributed by atoms with Gasteiger partial charge >= 0.3 is 0 Å². The fourth-order valence-corrected chi connectivity index (χ4v) is 4.18. The predicted octanol–water partition coefficient (Wildman–Crippen LogP) is 4.27. The SMILES string of the molecule is NC(=O)C(NCc1ccccc1-c1ccc(CN2CCCC2)cc1)c1ccccc1. The lowest BCUT2D eigenvalue weighted by Gasteiger charge is -2.18. The van der Waals surface area contributed by atoms with Crippen LogP contribution in [0.1, 0.15) is 35.6 Å². The Morgan fingerprint density at radius 1 is 0.900 bits per heavy atom. The second-order valence-electron chi connectivity index (χ2n) is 7.96. The van der Waals surface area contributed by atoms with Crippen LogP contribution in [0.5, 0.6) is 0 Å². The smallest absolute Gasteiger partial charge is 0.239 e. The molecule has 1 fully saturated rings. The first-order valence-electron chi connectivity index (χ1n) is 10.7. The average molecular weight is 400 g/mol. The Bertz CT molecular complexity index is 963. The van der Waals surface area contributed by atoms with Crippen molar-refractivity contribution in [2.75, 3.05) is 13.1 Å². The molecule has 0 bridgehead atoms. The monoisotopic (exact) mass is 399 g/mol. The van der Waals surface area contributed by atoms with Gasteiger partial charge in [0.25, 0.3) is 0 Å². The number of hydrogen-bond acceptors (Lipinski definition) is 3. The van der Waals surface area contributed by atoms with Crippen molar-refractivity contribution < 1.29 is 4.79 Å². The summed E-state index contributed by atoms with van der Waals surface area (Å²) in [6.07, 6.45) is 2.63. The number of rotatable bonds is 8. The molecule has 4 nitrogen and oxygen atoms in total. The molecule has 1 aliphatic heterocycles. The Kier molecular flexibility index (Phi) is 6.57. The fourth-order valence-electron chi connectivity index (χ4n) is 4.18. The van der Waals surface area contributed by atoms with Crippen molar-refractivity contribution in [1.82, 2.24) is 10.2 Å². The number of primary amides is 1. The van der Waals surface area contributed by atoms with Gasteiger partial charge in [-0.2, -0.15) is 0 Å². The molecule has 1 heterocycles. The second kappa shape index (κ2) is 9.70. The van der Waals surface area contributed by atoms with Crippen LogP contribution in [0.3, 0.4) is 0 Å². The van der Waals surface area contributed by atoms with Gasteiger partial charge in [-0.25, -0.2) is 0 Å². The molecule has 0 aliphatic carbocycles. The van der Waals surface area contributed by atoms with E-state index in [1.165, 1.54) is 42.6 Å². The highest BCUT2D eigenvalue weighted by molar-refractivity contribution is 5.81. The highest BCUT2D eigenvalue weighted by atomic mass is 16.1. The lowest BCUT2D eigenvalue weighted by Crippen LogP contribution is -2.33. The zero-order valence-corrected chi connectivity index (χ0v) is 17.3.